The summed E-state index contributed by atoms with van der Waals surface area (Å²) in [4.78, 5) is 77.6. The molecule has 0 radical (unpaired) electrons. The maximum absolute atomic E-state index is 16.7. The number of aromatic amines is 1. The van der Waals surface area contributed by atoms with E-state index in [0.717, 1.165) is 32.1 Å². The lowest BCUT2D eigenvalue weighted by Crippen LogP contribution is -2.54. The maximum atomic E-state index is 16.7. The van der Waals surface area contributed by atoms with Crippen molar-refractivity contribution < 1.29 is 42.2 Å². The van der Waals surface area contributed by atoms with E-state index in [9.17, 15) is 24.0 Å². The third-order valence-corrected chi connectivity index (χ3v) is 14.3. The molecule has 3 heterocycles. The smallest absolute Gasteiger partial charge is 0.407 e. The Labute approximate surface area is 389 Å². The molecular weight excluding hydrogens is 861 g/mol. The number of alkyl halides is 2. The van der Waals surface area contributed by atoms with Crippen molar-refractivity contribution in [1.29, 1.82) is 0 Å². The molecule has 0 bridgehead atoms. The number of ether oxygens (including phenoxy) is 2. The number of carbonyl (C=O) groups is 5. The number of halogens is 2. The van der Waals surface area contributed by atoms with Gasteiger partial charge in [0.05, 0.1) is 32.2 Å². The fraction of sp³-hybridized carbons (Fsp3) is 0.490. The van der Waals surface area contributed by atoms with Gasteiger partial charge < -0.3 is 40.2 Å². The minimum absolute atomic E-state index is 0.0399. The zero-order chi connectivity index (χ0) is 47.9. The molecule has 4 aromatic rings. The number of benzene rings is 3. The Hall–Kier alpha value is -6.32. The molecule has 1 aromatic heterocycles. The Kier molecular flexibility index (Phi) is 13.2. The Morgan fingerprint density at radius 1 is 0.776 bits per heavy atom. The highest BCUT2D eigenvalue weighted by Gasteiger charge is 2.50. The van der Waals surface area contributed by atoms with Gasteiger partial charge >= 0.3 is 12.2 Å². The number of nitrogens with zero attached hydrogens (tertiary/aromatic N) is 3. The predicted octanol–water partition coefficient (Wildman–Crippen LogP) is 9.02. The van der Waals surface area contributed by atoms with E-state index in [1.165, 1.54) is 31.3 Å². The first-order valence-corrected chi connectivity index (χ1v) is 23.4. The van der Waals surface area contributed by atoms with Gasteiger partial charge in [-0.2, -0.15) is 8.78 Å². The van der Waals surface area contributed by atoms with Crippen LogP contribution in [-0.4, -0.2) is 95.1 Å². The number of alkyl carbamates (subject to hydrolysis) is 2. The van der Waals surface area contributed by atoms with Crippen LogP contribution in [0, 0.1) is 23.2 Å². The SMILES string of the molecule is COC(=O)N[C@H](C(=O)N1CC(C)C[C@H]1C(=O)Nc1cccc(-c2ccc3c(c2)C(F)(F)c2cc(-c4cnc([C@@H]5CC6(CCCCC6)CN5C(=O)[C@@H](NC(=O)OC)C(C)C)[nH]4)ccc2-3)c1)C(C)C. The summed E-state index contributed by atoms with van der Waals surface area (Å²) in [6.45, 7) is 10.2. The number of methoxy groups -OCH3 is 2. The highest BCUT2D eigenvalue weighted by atomic mass is 19.3. The van der Waals surface area contributed by atoms with Crippen molar-refractivity contribution in [3.8, 4) is 33.5 Å². The third-order valence-electron chi connectivity index (χ3n) is 14.3. The summed E-state index contributed by atoms with van der Waals surface area (Å²) in [5.41, 5.74) is 3.17. The first kappa shape index (κ1) is 47.2. The van der Waals surface area contributed by atoms with Gasteiger partial charge in [0, 0.05) is 35.5 Å². The first-order valence-electron chi connectivity index (χ1n) is 23.4. The van der Waals surface area contributed by atoms with E-state index in [0.29, 0.717) is 71.0 Å². The minimum atomic E-state index is -3.34. The monoisotopic (exact) mass is 921 g/mol. The second-order valence-electron chi connectivity index (χ2n) is 19.7. The van der Waals surface area contributed by atoms with E-state index in [1.54, 1.807) is 68.6 Å². The van der Waals surface area contributed by atoms with Gasteiger partial charge in [0.15, 0.2) is 0 Å². The highest BCUT2D eigenvalue weighted by Crippen LogP contribution is 2.54. The summed E-state index contributed by atoms with van der Waals surface area (Å²) in [6, 6.07) is 14.1. The van der Waals surface area contributed by atoms with Crippen LogP contribution in [0.3, 0.4) is 0 Å². The Morgan fingerprint density at radius 3 is 1.97 bits per heavy atom. The molecule has 2 aliphatic heterocycles. The van der Waals surface area contributed by atoms with Crippen molar-refractivity contribution in [2.75, 3.05) is 32.6 Å². The van der Waals surface area contributed by atoms with Gasteiger partial charge in [-0.25, -0.2) is 14.6 Å². The van der Waals surface area contributed by atoms with E-state index in [-0.39, 0.29) is 52.0 Å². The molecule has 4 N–H and O–H groups in total. The van der Waals surface area contributed by atoms with E-state index >= 15 is 8.78 Å². The van der Waals surface area contributed by atoms with E-state index in [2.05, 4.69) is 20.9 Å². The van der Waals surface area contributed by atoms with Gasteiger partial charge in [-0.15, -0.1) is 0 Å². The van der Waals surface area contributed by atoms with Crippen LogP contribution in [0.25, 0.3) is 33.5 Å². The van der Waals surface area contributed by atoms with Gasteiger partial charge in [-0.1, -0.05) is 90.3 Å². The highest BCUT2D eigenvalue weighted by molar-refractivity contribution is 5.99. The number of anilines is 1. The molecule has 2 saturated heterocycles. The van der Waals surface area contributed by atoms with Gasteiger partial charge in [0.25, 0.3) is 5.92 Å². The van der Waals surface area contributed by atoms with Crippen LogP contribution in [0.2, 0.25) is 0 Å². The fourth-order valence-corrected chi connectivity index (χ4v) is 10.7. The predicted molar refractivity (Wildman–Crippen MR) is 249 cm³/mol. The summed E-state index contributed by atoms with van der Waals surface area (Å²) in [6.07, 6.45) is 6.64. The van der Waals surface area contributed by atoms with Crippen LogP contribution in [-0.2, 0) is 29.8 Å². The molecule has 5 atom stereocenters. The number of hydrogen-bond acceptors (Lipinski definition) is 8. The Morgan fingerprint density at radius 2 is 1.36 bits per heavy atom. The summed E-state index contributed by atoms with van der Waals surface area (Å²) in [5.74, 6) is -4.15. The zero-order valence-corrected chi connectivity index (χ0v) is 39.2. The minimum Gasteiger partial charge on any atom is -0.453 e. The average molecular weight is 922 g/mol. The average Bonchev–Trinajstić information content (AvgIpc) is 4.10. The molecule has 14 nitrogen and oxygen atoms in total. The van der Waals surface area contributed by atoms with Gasteiger partial charge in [0.2, 0.25) is 17.7 Å². The number of likely N-dealkylation sites (tertiary alicyclic amines) is 2. The molecule has 5 amide bonds. The quantitative estimate of drug-likeness (QED) is 0.115. The molecular formula is C51H61F2N7O7. The van der Waals surface area contributed by atoms with Crippen molar-refractivity contribution in [3.63, 3.8) is 0 Å². The molecule has 16 heteroatoms. The summed E-state index contributed by atoms with van der Waals surface area (Å²) in [7, 11) is 2.49. The molecule has 3 aromatic carbocycles. The number of hydrogen-bond donors (Lipinski definition) is 4. The molecule has 1 spiro atoms. The Balaban J connectivity index is 1.01. The van der Waals surface area contributed by atoms with Crippen LogP contribution >= 0.6 is 0 Å². The Bertz CT molecular complexity index is 2550. The van der Waals surface area contributed by atoms with Gasteiger partial charge in [-0.3, -0.25) is 14.4 Å². The number of imidazole rings is 1. The second kappa shape index (κ2) is 18.8. The number of nitrogens with one attached hydrogen (secondary N) is 4. The normalized spacial score (nSPS) is 21.1. The van der Waals surface area contributed by atoms with Crippen LogP contribution in [0.15, 0.2) is 66.9 Å². The second-order valence-corrected chi connectivity index (χ2v) is 19.7. The lowest BCUT2D eigenvalue weighted by molar-refractivity contribution is -0.139. The molecule has 1 unspecified atom stereocenters. The third kappa shape index (κ3) is 9.23. The summed E-state index contributed by atoms with van der Waals surface area (Å²) in [5, 5.41) is 8.28. The van der Waals surface area contributed by atoms with Crippen LogP contribution in [0.1, 0.15) is 103 Å². The number of rotatable bonds is 11. The van der Waals surface area contributed by atoms with Gasteiger partial charge in [0.1, 0.15) is 23.9 Å². The number of carbonyl (C=O) groups excluding carboxylic acids is 5. The van der Waals surface area contributed by atoms with E-state index in [4.69, 9.17) is 14.5 Å². The lowest BCUT2D eigenvalue weighted by Gasteiger charge is -2.34. The fourth-order valence-electron chi connectivity index (χ4n) is 10.7. The van der Waals surface area contributed by atoms with Gasteiger partial charge in [-0.05, 0) is 95.4 Å². The first-order chi connectivity index (χ1) is 31.9. The topological polar surface area (TPSA) is 175 Å². The molecule has 3 fully saturated rings. The molecule has 8 rings (SSSR count). The van der Waals surface area contributed by atoms with Crippen LogP contribution < -0.4 is 16.0 Å². The van der Waals surface area contributed by atoms with E-state index < -0.39 is 42.3 Å². The van der Waals surface area contributed by atoms with Crippen molar-refractivity contribution in [2.45, 2.75) is 110 Å². The van der Waals surface area contributed by atoms with Crippen molar-refractivity contribution in [3.05, 3.63) is 83.8 Å². The van der Waals surface area contributed by atoms with Crippen molar-refractivity contribution in [2.24, 2.45) is 23.2 Å². The number of aromatic nitrogens is 2. The van der Waals surface area contributed by atoms with Crippen molar-refractivity contribution in [1.82, 2.24) is 30.4 Å². The van der Waals surface area contributed by atoms with Crippen LogP contribution in [0.5, 0.6) is 0 Å². The summed E-state index contributed by atoms with van der Waals surface area (Å²) >= 11 is 0. The summed E-state index contributed by atoms with van der Waals surface area (Å²) < 4.78 is 43.0. The standard InChI is InChI=1S/C51H61F2N7O7/c1-28(2)42(57-48(64)66-6)46(62)59-26-30(5)20-40(59)45(61)55-34-13-11-12-31(21-34)32-14-16-35-36-17-15-33(23-38(36)51(52,53)37(35)22-32)39-25-54-44(56-39)41-24-50(18-9-8-10-19-50)27-60(41)47(63)43(29(3)4)58-49(65)67-7/h11-17,21-23,25,28-30,40-43H,8-10,18-20,24,26-27H2,1-7H3,(H,54,56)(H,55,61)(H,57,64)(H,58,65)/t30?,40-,41-,42-,43-/m0/s1. The van der Waals surface area contributed by atoms with Crippen LogP contribution in [0.4, 0.5) is 24.1 Å². The zero-order valence-electron chi connectivity index (χ0n) is 39.2. The maximum Gasteiger partial charge on any atom is 0.407 e. The largest absolute Gasteiger partial charge is 0.453 e. The number of amides is 5. The van der Waals surface area contributed by atoms with E-state index in [1.807, 2.05) is 25.7 Å². The molecule has 67 heavy (non-hydrogen) atoms. The molecule has 1 saturated carbocycles. The lowest BCUT2D eigenvalue weighted by atomic mass is 9.72. The molecule has 356 valence electrons. The van der Waals surface area contributed by atoms with Crippen molar-refractivity contribution >= 4 is 35.6 Å². The number of fused-ring (bicyclic) bond motifs is 3. The molecule has 4 aliphatic rings. The number of H-pyrrole nitrogens is 1. The molecule has 2 aliphatic carbocycles.